The topological polar surface area (TPSA) is 59.1 Å². The van der Waals surface area contributed by atoms with Crippen LogP contribution in [0, 0.1) is 0 Å². The van der Waals surface area contributed by atoms with Crippen LogP contribution in [-0.2, 0) is 11.2 Å². The van der Waals surface area contributed by atoms with Crippen LogP contribution in [0.25, 0.3) is 11.1 Å². The molecule has 3 aromatic rings. The fourth-order valence-electron chi connectivity index (χ4n) is 4.10. The number of benzene rings is 3. The summed E-state index contributed by atoms with van der Waals surface area (Å²) in [5, 5.41) is 0. The van der Waals surface area contributed by atoms with E-state index in [4.69, 9.17) is 9.47 Å². The fraction of sp³-hybridized carbons (Fsp3) is 0.231. The van der Waals surface area contributed by atoms with Crippen LogP contribution in [0.1, 0.15) is 15.9 Å². The molecule has 5 rings (SSSR count). The van der Waals surface area contributed by atoms with Crippen LogP contribution in [0.3, 0.4) is 0 Å². The molecule has 0 spiro atoms. The first-order valence-corrected chi connectivity index (χ1v) is 10.8. The number of hydrogen-bond donors (Lipinski definition) is 0. The van der Waals surface area contributed by atoms with Gasteiger partial charge in [0.15, 0.2) is 11.5 Å². The fourth-order valence-corrected chi connectivity index (χ4v) is 4.10. The molecule has 0 N–H and O–H groups in total. The number of ether oxygens (including phenoxy) is 2. The molecule has 1 saturated heterocycles. The van der Waals surface area contributed by atoms with Crippen molar-refractivity contribution in [3.05, 3.63) is 83.9 Å². The lowest BCUT2D eigenvalue weighted by Crippen LogP contribution is -2.51. The van der Waals surface area contributed by atoms with Gasteiger partial charge in [-0.15, -0.1) is 0 Å². The third kappa shape index (κ3) is 4.17. The van der Waals surface area contributed by atoms with Crippen molar-refractivity contribution in [2.75, 3.05) is 33.0 Å². The predicted molar refractivity (Wildman–Crippen MR) is 121 cm³/mol. The third-order valence-electron chi connectivity index (χ3n) is 5.96. The van der Waals surface area contributed by atoms with E-state index in [1.807, 2.05) is 35.2 Å². The highest BCUT2D eigenvalue weighted by molar-refractivity contribution is 5.95. The molecule has 0 saturated carbocycles. The third-order valence-corrected chi connectivity index (χ3v) is 5.96. The Morgan fingerprint density at radius 2 is 1.38 bits per heavy atom. The zero-order valence-electron chi connectivity index (χ0n) is 17.7. The quantitative estimate of drug-likeness (QED) is 0.637. The zero-order valence-corrected chi connectivity index (χ0v) is 17.7. The number of nitrogens with zero attached hydrogens (tertiary/aromatic N) is 2. The summed E-state index contributed by atoms with van der Waals surface area (Å²) in [5.41, 5.74) is 3.87. The Bertz CT molecular complexity index is 1120. The number of hydrogen-bond acceptors (Lipinski definition) is 4. The van der Waals surface area contributed by atoms with Gasteiger partial charge in [0.1, 0.15) is 0 Å². The highest BCUT2D eigenvalue weighted by Crippen LogP contribution is 2.33. The summed E-state index contributed by atoms with van der Waals surface area (Å²) >= 11 is 0. The molecule has 2 aliphatic rings. The smallest absolute Gasteiger partial charge is 0.254 e. The SMILES string of the molecule is O=C(Cc1ccc(-c2ccccc2)cc1)N1CCN(C(=O)c2ccc3c(c2)OCO3)CC1. The van der Waals surface area contributed by atoms with Gasteiger partial charge in [-0.25, -0.2) is 0 Å². The first-order valence-electron chi connectivity index (χ1n) is 10.8. The number of amides is 2. The number of rotatable bonds is 4. The number of carbonyl (C=O) groups excluding carboxylic acids is 2. The maximum Gasteiger partial charge on any atom is 0.254 e. The highest BCUT2D eigenvalue weighted by atomic mass is 16.7. The van der Waals surface area contributed by atoms with Gasteiger partial charge in [-0.1, -0.05) is 54.6 Å². The second kappa shape index (κ2) is 8.75. The van der Waals surface area contributed by atoms with Crippen LogP contribution in [0.15, 0.2) is 72.8 Å². The summed E-state index contributed by atoms with van der Waals surface area (Å²) in [6, 6.07) is 23.6. The van der Waals surface area contributed by atoms with Gasteiger partial charge in [0.05, 0.1) is 6.42 Å². The second-order valence-corrected chi connectivity index (χ2v) is 7.98. The molecule has 0 aliphatic carbocycles. The van der Waals surface area contributed by atoms with Gasteiger partial charge >= 0.3 is 0 Å². The van der Waals surface area contributed by atoms with Gasteiger partial charge in [-0.05, 0) is 34.9 Å². The van der Waals surface area contributed by atoms with Gasteiger partial charge in [0.2, 0.25) is 12.7 Å². The largest absolute Gasteiger partial charge is 0.454 e. The van der Waals surface area contributed by atoms with E-state index < -0.39 is 0 Å². The van der Waals surface area contributed by atoms with Gasteiger partial charge in [-0.3, -0.25) is 9.59 Å². The molecule has 162 valence electrons. The Balaban J connectivity index is 1.15. The van der Waals surface area contributed by atoms with Gasteiger partial charge in [0, 0.05) is 31.7 Å². The van der Waals surface area contributed by atoms with Gasteiger partial charge in [0.25, 0.3) is 5.91 Å². The van der Waals surface area contributed by atoms with Crippen LogP contribution >= 0.6 is 0 Å². The molecule has 3 aromatic carbocycles. The molecule has 0 bridgehead atoms. The van der Waals surface area contributed by atoms with Crippen LogP contribution in [0.2, 0.25) is 0 Å². The van der Waals surface area contributed by atoms with Crippen LogP contribution < -0.4 is 9.47 Å². The standard InChI is InChI=1S/C26H24N2O4/c29-25(16-19-6-8-21(9-7-19)20-4-2-1-3-5-20)27-12-14-28(15-13-27)26(30)22-10-11-23-24(17-22)32-18-31-23/h1-11,17H,12-16,18H2. The average molecular weight is 428 g/mol. The Kier molecular flexibility index (Phi) is 5.50. The summed E-state index contributed by atoms with van der Waals surface area (Å²) in [5.74, 6) is 1.30. The molecular formula is C26H24N2O4. The lowest BCUT2D eigenvalue weighted by molar-refractivity contribution is -0.131. The van der Waals surface area contributed by atoms with E-state index in [1.165, 1.54) is 0 Å². The summed E-state index contributed by atoms with van der Waals surface area (Å²) in [6.45, 7) is 2.30. The molecule has 1 fully saturated rings. The van der Waals surface area contributed by atoms with Crippen molar-refractivity contribution in [3.8, 4) is 22.6 Å². The molecule has 2 aliphatic heterocycles. The minimum Gasteiger partial charge on any atom is -0.454 e. The minimum atomic E-state index is -0.0492. The number of fused-ring (bicyclic) bond motifs is 1. The van der Waals surface area contributed by atoms with Crippen molar-refractivity contribution < 1.29 is 19.1 Å². The first-order chi connectivity index (χ1) is 15.7. The van der Waals surface area contributed by atoms with E-state index in [-0.39, 0.29) is 18.6 Å². The monoisotopic (exact) mass is 428 g/mol. The predicted octanol–water partition coefficient (Wildman–Crippen LogP) is 3.61. The van der Waals surface area contributed by atoms with E-state index in [0.717, 1.165) is 16.7 Å². The molecule has 0 atom stereocenters. The van der Waals surface area contributed by atoms with Gasteiger partial charge < -0.3 is 19.3 Å². The lowest BCUT2D eigenvalue weighted by atomic mass is 10.0. The van der Waals surface area contributed by atoms with Crippen LogP contribution in [0.5, 0.6) is 11.5 Å². The average Bonchev–Trinajstić information content (AvgIpc) is 3.33. The van der Waals surface area contributed by atoms with Gasteiger partial charge in [-0.2, -0.15) is 0 Å². The first kappa shape index (κ1) is 20.1. The van der Waals surface area contributed by atoms with E-state index in [0.29, 0.717) is 49.7 Å². The van der Waals surface area contributed by atoms with E-state index in [1.54, 1.807) is 23.1 Å². The van der Waals surface area contributed by atoms with Crippen molar-refractivity contribution in [1.29, 1.82) is 0 Å². The Morgan fingerprint density at radius 3 is 2.12 bits per heavy atom. The minimum absolute atomic E-state index is 0.0492. The summed E-state index contributed by atoms with van der Waals surface area (Å²) < 4.78 is 10.7. The van der Waals surface area contributed by atoms with Crippen molar-refractivity contribution in [3.63, 3.8) is 0 Å². The van der Waals surface area contributed by atoms with Crippen LogP contribution in [-0.4, -0.2) is 54.6 Å². The molecule has 0 aromatic heterocycles. The molecule has 0 radical (unpaired) electrons. The summed E-state index contributed by atoms with van der Waals surface area (Å²) in [4.78, 5) is 29.3. The van der Waals surface area contributed by atoms with Crippen molar-refractivity contribution >= 4 is 11.8 Å². The van der Waals surface area contributed by atoms with E-state index in [9.17, 15) is 9.59 Å². The lowest BCUT2D eigenvalue weighted by Gasteiger charge is -2.35. The molecule has 0 unspecified atom stereocenters. The Hall–Kier alpha value is -3.80. The molecule has 2 heterocycles. The second-order valence-electron chi connectivity index (χ2n) is 7.98. The molecule has 32 heavy (non-hydrogen) atoms. The molecule has 6 heteroatoms. The van der Waals surface area contributed by atoms with Crippen molar-refractivity contribution in [1.82, 2.24) is 9.80 Å². The molecular weight excluding hydrogens is 404 g/mol. The maximum atomic E-state index is 12.8. The van der Waals surface area contributed by atoms with E-state index >= 15 is 0 Å². The van der Waals surface area contributed by atoms with Crippen molar-refractivity contribution in [2.45, 2.75) is 6.42 Å². The zero-order chi connectivity index (χ0) is 21.9. The molecule has 2 amide bonds. The summed E-state index contributed by atoms with van der Waals surface area (Å²) in [7, 11) is 0. The summed E-state index contributed by atoms with van der Waals surface area (Å²) in [6.07, 6.45) is 0.366. The number of piperazine rings is 1. The highest BCUT2D eigenvalue weighted by Gasteiger charge is 2.26. The van der Waals surface area contributed by atoms with Crippen LogP contribution in [0.4, 0.5) is 0 Å². The normalized spacial score (nSPS) is 15.0. The number of carbonyl (C=O) groups is 2. The Labute approximate surface area is 187 Å². The molecule has 6 nitrogen and oxygen atoms in total. The maximum absolute atomic E-state index is 12.8. The Morgan fingerprint density at radius 1 is 0.719 bits per heavy atom. The van der Waals surface area contributed by atoms with Crippen molar-refractivity contribution in [2.24, 2.45) is 0 Å². The van der Waals surface area contributed by atoms with E-state index in [2.05, 4.69) is 24.3 Å².